The van der Waals surface area contributed by atoms with Gasteiger partial charge in [0.05, 0.1) is 0 Å². The molecule has 5 heteroatoms. The third-order valence-electron chi connectivity index (χ3n) is 6.68. The van der Waals surface area contributed by atoms with Crippen LogP contribution in [0.1, 0.15) is 144 Å². The summed E-state index contributed by atoms with van der Waals surface area (Å²) in [5, 5.41) is 5.99. The molecule has 0 saturated carbocycles. The Morgan fingerprint density at radius 1 is 0.559 bits per heavy atom. The molecule has 5 nitrogen and oxygen atoms in total. The van der Waals surface area contributed by atoms with E-state index in [2.05, 4.69) is 50.2 Å². The van der Waals surface area contributed by atoms with Crippen molar-refractivity contribution in [1.29, 1.82) is 0 Å². The minimum atomic E-state index is 0.0484. The summed E-state index contributed by atoms with van der Waals surface area (Å²) in [6, 6.07) is 0.945. The molecule has 0 aliphatic carbocycles. The lowest BCUT2D eigenvalue weighted by Gasteiger charge is -2.30. The highest BCUT2D eigenvalue weighted by Crippen LogP contribution is 2.12. The Hall–Kier alpha value is -1.10. The maximum absolute atomic E-state index is 12.0. The molecule has 0 fully saturated rings. The maximum atomic E-state index is 12.0. The number of nitrogens with one attached hydrogen (secondary N) is 2. The molecular weight excluding hydrogens is 422 g/mol. The number of amides is 2. The minimum Gasteiger partial charge on any atom is -0.356 e. The highest BCUT2D eigenvalue weighted by Gasteiger charge is 2.13. The van der Waals surface area contributed by atoms with Crippen LogP contribution in [0.4, 0.5) is 0 Å². The Morgan fingerprint density at radius 2 is 0.941 bits per heavy atom. The lowest BCUT2D eigenvalue weighted by Crippen LogP contribution is -2.42. The zero-order valence-corrected chi connectivity index (χ0v) is 23.6. The quantitative estimate of drug-likeness (QED) is 0.146. The van der Waals surface area contributed by atoms with Crippen molar-refractivity contribution in [2.24, 2.45) is 0 Å². The molecule has 0 atom stereocenters. The van der Waals surface area contributed by atoms with Crippen LogP contribution < -0.4 is 10.6 Å². The van der Waals surface area contributed by atoms with Crippen LogP contribution in [0.25, 0.3) is 0 Å². The molecule has 0 radical (unpaired) electrons. The molecule has 0 aromatic rings. The molecule has 0 heterocycles. The summed E-state index contributed by atoms with van der Waals surface area (Å²) in [7, 11) is 0. The smallest absolute Gasteiger partial charge is 0.220 e. The van der Waals surface area contributed by atoms with Gasteiger partial charge in [-0.25, -0.2) is 0 Å². The molecule has 0 aromatic carbocycles. The zero-order chi connectivity index (χ0) is 25.4. The van der Waals surface area contributed by atoms with Crippen molar-refractivity contribution < 1.29 is 9.59 Å². The Balaban J connectivity index is 3.43. The molecule has 2 amide bonds. The van der Waals surface area contributed by atoms with Crippen LogP contribution in [0.3, 0.4) is 0 Å². The number of carbonyl (C=O) groups excluding carboxylic acids is 2. The first-order valence-corrected chi connectivity index (χ1v) is 14.7. The van der Waals surface area contributed by atoms with E-state index in [1.54, 1.807) is 0 Å². The first-order chi connectivity index (χ1) is 16.4. The van der Waals surface area contributed by atoms with E-state index >= 15 is 0 Å². The van der Waals surface area contributed by atoms with Crippen molar-refractivity contribution in [2.75, 3.05) is 19.6 Å². The van der Waals surface area contributed by atoms with E-state index in [0.29, 0.717) is 37.9 Å². The highest BCUT2D eigenvalue weighted by atomic mass is 16.2. The predicted molar refractivity (Wildman–Crippen MR) is 147 cm³/mol. The number of hydrogen-bond acceptors (Lipinski definition) is 3. The monoisotopic (exact) mass is 481 g/mol. The van der Waals surface area contributed by atoms with E-state index < -0.39 is 0 Å². The summed E-state index contributed by atoms with van der Waals surface area (Å²) < 4.78 is 0. The molecule has 0 bridgehead atoms. The second kappa shape index (κ2) is 23.6. The summed E-state index contributed by atoms with van der Waals surface area (Å²) in [4.78, 5) is 26.3. The molecule has 2 N–H and O–H groups in total. The van der Waals surface area contributed by atoms with Gasteiger partial charge in [-0.15, -0.1) is 0 Å². The van der Waals surface area contributed by atoms with Crippen LogP contribution in [0.2, 0.25) is 0 Å². The number of carbonyl (C=O) groups is 2. The summed E-state index contributed by atoms with van der Waals surface area (Å²) in [6.07, 6.45) is 20.3. The lowest BCUT2D eigenvalue weighted by atomic mass is 10.0. The average molecular weight is 482 g/mol. The van der Waals surface area contributed by atoms with Crippen LogP contribution in [0.5, 0.6) is 0 Å². The fourth-order valence-electron chi connectivity index (χ4n) is 4.57. The van der Waals surface area contributed by atoms with Gasteiger partial charge in [0, 0.05) is 44.6 Å². The van der Waals surface area contributed by atoms with Gasteiger partial charge in [-0.2, -0.15) is 0 Å². The molecule has 0 aliphatic rings. The van der Waals surface area contributed by atoms with Gasteiger partial charge >= 0.3 is 0 Å². The minimum absolute atomic E-state index is 0.0484. The van der Waals surface area contributed by atoms with Crippen molar-refractivity contribution in [3.8, 4) is 0 Å². The molecular formula is C29H59N3O2. The molecule has 0 rings (SSSR count). The topological polar surface area (TPSA) is 61.4 Å². The van der Waals surface area contributed by atoms with Gasteiger partial charge in [0.15, 0.2) is 0 Å². The van der Waals surface area contributed by atoms with Crippen molar-refractivity contribution in [3.63, 3.8) is 0 Å². The maximum Gasteiger partial charge on any atom is 0.220 e. The summed E-state index contributed by atoms with van der Waals surface area (Å²) in [5.74, 6) is 0.125. The van der Waals surface area contributed by atoms with Crippen LogP contribution >= 0.6 is 0 Å². The van der Waals surface area contributed by atoms with Gasteiger partial charge < -0.3 is 10.6 Å². The van der Waals surface area contributed by atoms with Crippen LogP contribution in [-0.4, -0.2) is 48.4 Å². The molecule has 34 heavy (non-hydrogen) atoms. The fraction of sp³-hybridized carbons (Fsp3) is 0.931. The Bertz CT molecular complexity index is 472. The normalized spacial score (nSPS) is 11.5. The van der Waals surface area contributed by atoms with Crippen molar-refractivity contribution in [3.05, 3.63) is 0 Å². The molecule has 0 aromatic heterocycles. The van der Waals surface area contributed by atoms with Crippen LogP contribution in [0, 0.1) is 0 Å². The predicted octanol–water partition coefficient (Wildman–Crippen LogP) is 6.99. The van der Waals surface area contributed by atoms with Crippen LogP contribution in [0.15, 0.2) is 0 Å². The second-order valence-electron chi connectivity index (χ2n) is 10.6. The largest absolute Gasteiger partial charge is 0.356 e. The summed E-state index contributed by atoms with van der Waals surface area (Å²) in [5.41, 5.74) is 0. The highest BCUT2D eigenvalue weighted by molar-refractivity contribution is 5.78. The number of nitrogens with zero attached hydrogens (tertiary/aromatic N) is 1. The zero-order valence-electron chi connectivity index (χ0n) is 23.6. The standard InChI is InChI=1S/C29H59N3O2/c1-6-7-8-9-10-11-12-13-14-15-16-17-18-19-23-30-28(33)21-20-22-29(34)31-24-25-32(26(2)3)27(4)5/h26-27H,6-25H2,1-5H3,(H,30,33)(H,31,34). The fourth-order valence-corrected chi connectivity index (χ4v) is 4.57. The molecule has 0 aliphatic heterocycles. The Labute approximate surface area is 212 Å². The van der Waals surface area contributed by atoms with Crippen molar-refractivity contribution >= 4 is 11.8 Å². The van der Waals surface area contributed by atoms with E-state index in [1.165, 1.54) is 83.5 Å². The van der Waals surface area contributed by atoms with Gasteiger partial charge in [0.2, 0.25) is 11.8 Å². The van der Waals surface area contributed by atoms with Crippen molar-refractivity contribution in [2.45, 2.75) is 156 Å². The third kappa shape index (κ3) is 21.4. The molecule has 202 valence electrons. The average Bonchev–Trinajstić information content (AvgIpc) is 2.78. The first-order valence-electron chi connectivity index (χ1n) is 14.7. The van der Waals surface area contributed by atoms with E-state index in [-0.39, 0.29) is 11.8 Å². The van der Waals surface area contributed by atoms with Gasteiger partial charge in [-0.3, -0.25) is 14.5 Å². The van der Waals surface area contributed by atoms with Crippen molar-refractivity contribution in [1.82, 2.24) is 15.5 Å². The SMILES string of the molecule is CCCCCCCCCCCCCCCCNC(=O)CCCC(=O)NCCN(C(C)C)C(C)C. The van der Waals surface area contributed by atoms with E-state index in [9.17, 15) is 9.59 Å². The van der Waals surface area contributed by atoms with Gasteiger partial charge in [0.25, 0.3) is 0 Å². The van der Waals surface area contributed by atoms with Gasteiger partial charge in [-0.05, 0) is 40.5 Å². The Morgan fingerprint density at radius 3 is 1.35 bits per heavy atom. The lowest BCUT2D eigenvalue weighted by molar-refractivity contribution is -0.122. The van der Waals surface area contributed by atoms with Crippen LogP contribution in [-0.2, 0) is 9.59 Å². The number of hydrogen-bond donors (Lipinski definition) is 2. The van der Waals surface area contributed by atoms with E-state index in [4.69, 9.17) is 0 Å². The third-order valence-corrected chi connectivity index (χ3v) is 6.68. The summed E-state index contributed by atoms with van der Waals surface area (Å²) >= 11 is 0. The first kappa shape index (κ1) is 32.9. The Kier molecular flexibility index (Phi) is 22.9. The summed E-state index contributed by atoms with van der Waals surface area (Å²) in [6.45, 7) is 13.3. The molecule has 0 spiro atoms. The van der Waals surface area contributed by atoms with E-state index in [1.807, 2.05) is 0 Å². The number of rotatable bonds is 24. The number of unbranched alkanes of at least 4 members (excludes halogenated alkanes) is 13. The van der Waals surface area contributed by atoms with Gasteiger partial charge in [0.1, 0.15) is 0 Å². The molecule has 0 saturated heterocycles. The molecule has 0 unspecified atom stereocenters. The van der Waals surface area contributed by atoms with E-state index in [0.717, 1.165) is 19.5 Å². The second-order valence-corrected chi connectivity index (χ2v) is 10.6. The van der Waals surface area contributed by atoms with Gasteiger partial charge in [-0.1, -0.05) is 90.4 Å².